The molecule has 2 unspecified atom stereocenters. The van der Waals surface area contributed by atoms with Crippen molar-refractivity contribution in [1.82, 2.24) is 20.5 Å². The summed E-state index contributed by atoms with van der Waals surface area (Å²) in [6.45, 7) is 5.07. The van der Waals surface area contributed by atoms with Crippen LogP contribution in [0.1, 0.15) is 25.3 Å². The molecule has 4 N–H and O–H groups in total. The number of halogens is 1. The van der Waals surface area contributed by atoms with Crippen molar-refractivity contribution < 1.29 is 4.39 Å². The maximum Gasteiger partial charge on any atom is 0.135 e. The van der Waals surface area contributed by atoms with Gasteiger partial charge in [-0.1, -0.05) is 0 Å². The Morgan fingerprint density at radius 1 is 1.42 bits per heavy atom. The first-order valence-corrected chi connectivity index (χ1v) is 8.92. The van der Waals surface area contributed by atoms with Crippen molar-refractivity contribution in [1.29, 1.82) is 0 Å². The van der Waals surface area contributed by atoms with E-state index in [1.807, 2.05) is 13.2 Å². The van der Waals surface area contributed by atoms with Crippen LogP contribution in [-0.2, 0) is 0 Å². The molecule has 0 aromatic carbocycles. The lowest BCUT2D eigenvalue weighted by atomic mass is 10.1. The van der Waals surface area contributed by atoms with Gasteiger partial charge in [0.25, 0.3) is 0 Å². The Balaban J connectivity index is 2.44. The van der Waals surface area contributed by atoms with Crippen molar-refractivity contribution in [2.75, 3.05) is 26.4 Å². The van der Waals surface area contributed by atoms with E-state index in [2.05, 4.69) is 41.4 Å². The van der Waals surface area contributed by atoms with Crippen LogP contribution >= 0.6 is 11.3 Å². The molecule has 2 atom stereocenters. The molecule has 0 fully saturated rings. The molecule has 132 valence electrons. The van der Waals surface area contributed by atoms with Crippen LogP contribution in [0.5, 0.6) is 0 Å². The Bertz CT molecular complexity index is 649. The predicted molar refractivity (Wildman–Crippen MR) is 100 cm³/mol. The van der Waals surface area contributed by atoms with Crippen LogP contribution in [0, 0.1) is 0 Å². The molecule has 0 aliphatic carbocycles. The topological polar surface area (TPSA) is 66.2 Å². The number of aromatic nitrogens is 1. The van der Waals surface area contributed by atoms with E-state index in [0.29, 0.717) is 28.9 Å². The summed E-state index contributed by atoms with van der Waals surface area (Å²) in [4.78, 5) is 6.48. The van der Waals surface area contributed by atoms with Crippen LogP contribution in [0.25, 0.3) is 5.57 Å². The summed E-state index contributed by atoms with van der Waals surface area (Å²) in [6, 6.07) is 0.579. The number of nitrogens with zero attached hydrogens (tertiary/aromatic N) is 2. The van der Waals surface area contributed by atoms with Gasteiger partial charge in [0.05, 0.1) is 5.70 Å². The second kappa shape index (κ2) is 8.30. The van der Waals surface area contributed by atoms with Crippen molar-refractivity contribution in [3.8, 4) is 0 Å². The minimum absolute atomic E-state index is 0.238. The minimum Gasteiger partial charge on any atom is -0.388 e. The molecule has 7 heteroatoms. The van der Waals surface area contributed by atoms with Gasteiger partial charge in [0.2, 0.25) is 0 Å². The number of allylic oxidation sites excluding steroid dienone is 3. The molecule has 1 aliphatic heterocycles. The van der Waals surface area contributed by atoms with E-state index in [1.54, 1.807) is 17.5 Å². The summed E-state index contributed by atoms with van der Waals surface area (Å²) in [5.41, 5.74) is 6.94. The number of rotatable bonds is 2. The summed E-state index contributed by atoms with van der Waals surface area (Å²) in [6.07, 6.45) is 5.89. The number of likely N-dealkylation sites (N-methyl/N-ethyl adjacent to an activating group) is 2. The molecule has 1 aliphatic rings. The lowest BCUT2D eigenvalue weighted by Crippen LogP contribution is -2.41. The quantitative estimate of drug-likeness (QED) is 0.764. The summed E-state index contributed by atoms with van der Waals surface area (Å²) in [7, 11) is 3.87. The summed E-state index contributed by atoms with van der Waals surface area (Å²) in [5.74, 6) is 0.129. The highest BCUT2D eigenvalue weighted by molar-refractivity contribution is 7.11. The Morgan fingerprint density at radius 3 is 2.79 bits per heavy atom. The third kappa shape index (κ3) is 4.58. The van der Waals surface area contributed by atoms with Crippen molar-refractivity contribution in [3.63, 3.8) is 0 Å². The molecule has 24 heavy (non-hydrogen) atoms. The van der Waals surface area contributed by atoms with Gasteiger partial charge in [-0.2, -0.15) is 0 Å². The average molecular weight is 351 g/mol. The third-order valence-electron chi connectivity index (χ3n) is 4.30. The number of hydrogen-bond acceptors (Lipinski definition) is 6. The van der Waals surface area contributed by atoms with Crippen LogP contribution in [0.4, 0.5) is 10.2 Å². The molecular weight excluding hydrogens is 325 g/mol. The highest BCUT2D eigenvalue weighted by Gasteiger charge is 2.18. The third-order valence-corrected chi connectivity index (χ3v) is 5.19. The molecule has 2 rings (SSSR count). The molecule has 2 heterocycles. The van der Waals surface area contributed by atoms with E-state index in [1.165, 1.54) is 11.3 Å². The number of nitrogen functional groups attached to an aromatic ring is 1. The van der Waals surface area contributed by atoms with Crippen LogP contribution in [-0.4, -0.2) is 42.6 Å². The van der Waals surface area contributed by atoms with Gasteiger partial charge in [0, 0.05) is 42.8 Å². The largest absolute Gasteiger partial charge is 0.388 e. The van der Waals surface area contributed by atoms with Crippen LogP contribution < -0.4 is 16.4 Å². The van der Waals surface area contributed by atoms with E-state index in [-0.39, 0.29) is 11.9 Å². The van der Waals surface area contributed by atoms with Gasteiger partial charge in [-0.3, -0.25) is 4.90 Å². The van der Waals surface area contributed by atoms with Crippen LogP contribution in [0.2, 0.25) is 0 Å². The zero-order chi connectivity index (χ0) is 17.7. The van der Waals surface area contributed by atoms with Crippen LogP contribution in [0.15, 0.2) is 35.3 Å². The van der Waals surface area contributed by atoms with Gasteiger partial charge in [-0.15, -0.1) is 11.3 Å². The Labute approximate surface area is 147 Å². The SMILES string of the molecule is CNC1=C\NCC(C)N(C)C(C)C\C=C(F)/C(c2nc(N)cs2)=C\1. The molecule has 0 saturated carbocycles. The normalized spacial score (nSPS) is 30.5. The van der Waals surface area contributed by atoms with Crippen molar-refractivity contribution in [2.24, 2.45) is 0 Å². The number of nitrogens with one attached hydrogen (secondary N) is 2. The second-order valence-electron chi connectivity index (χ2n) is 6.04. The van der Waals surface area contributed by atoms with Crippen molar-refractivity contribution >= 4 is 22.7 Å². The first kappa shape index (κ1) is 18.5. The Kier molecular flexibility index (Phi) is 6.39. The number of anilines is 1. The maximum absolute atomic E-state index is 14.9. The molecule has 0 spiro atoms. The first-order valence-electron chi connectivity index (χ1n) is 8.04. The number of thiazole rings is 1. The summed E-state index contributed by atoms with van der Waals surface area (Å²) >= 11 is 1.34. The van der Waals surface area contributed by atoms with E-state index < -0.39 is 0 Å². The van der Waals surface area contributed by atoms with Gasteiger partial charge in [0.1, 0.15) is 16.7 Å². The summed E-state index contributed by atoms with van der Waals surface area (Å²) in [5, 5.41) is 8.68. The predicted octanol–water partition coefficient (Wildman–Crippen LogP) is 2.73. The van der Waals surface area contributed by atoms with Gasteiger partial charge < -0.3 is 16.4 Å². The van der Waals surface area contributed by atoms with Gasteiger partial charge in [-0.05, 0) is 39.5 Å². The summed E-state index contributed by atoms with van der Waals surface area (Å²) < 4.78 is 14.9. The zero-order valence-electron chi connectivity index (χ0n) is 14.6. The van der Waals surface area contributed by atoms with Crippen molar-refractivity contribution in [2.45, 2.75) is 32.4 Å². The molecule has 1 aromatic rings. The Morgan fingerprint density at radius 2 is 2.17 bits per heavy atom. The molecule has 0 bridgehead atoms. The van der Waals surface area contributed by atoms with E-state index in [0.717, 1.165) is 12.2 Å². The van der Waals surface area contributed by atoms with E-state index in [9.17, 15) is 4.39 Å². The fraction of sp³-hybridized carbons (Fsp3) is 0.471. The van der Waals surface area contributed by atoms with Gasteiger partial charge in [0.15, 0.2) is 0 Å². The lowest BCUT2D eigenvalue weighted by Gasteiger charge is -2.30. The number of nitrogens with two attached hydrogens (primary N) is 1. The molecule has 5 nitrogen and oxygen atoms in total. The molecule has 0 radical (unpaired) electrons. The smallest absolute Gasteiger partial charge is 0.135 e. The lowest BCUT2D eigenvalue weighted by molar-refractivity contribution is 0.196. The monoisotopic (exact) mass is 351 g/mol. The van der Waals surface area contributed by atoms with E-state index >= 15 is 0 Å². The molecular formula is C17H26FN5S. The maximum atomic E-state index is 14.9. The average Bonchev–Trinajstić information content (AvgIpc) is 2.99. The molecule has 0 amide bonds. The minimum atomic E-state index is -0.279. The molecule has 1 aromatic heterocycles. The standard InChI is InChI=1S/C17H26FN5S/c1-11-5-6-15(18)14(17-22-16(19)10-24-17)7-13(20-3)9-21-8-12(2)23(11)4/h6-7,9-12,20-21H,5,8,19H2,1-4H3/b13-9-,14-7+,15-6+. The van der Waals surface area contributed by atoms with Crippen LogP contribution in [0.3, 0.4) is 0 Å². The molecule has 0 saturated heterocycles. The van der Waals surface area contributed by atoms with Gasteiger partial charge >= 0.3 is 0 Å². The fourth-order valence-corrected chi connectivity index (χ4v) is 3.18. The van der Waals surface area contributed by atoms with Crippen molar-refractivity contribution in [3.05, 3.63) is 40.3 Å². The Hall–Kier alpha value is -1.86. The van der Waals surface area contributed by atoms with Gasteiger partial charge in [-0.25, -0.2) is 9.37 Å². The fourth-order valence-electron chi connectivity index (χ4n) is 2.45. The zero-order valence-corrected chi connectivity index (χ0v) is 15.5. The highest BCUT2D eigenvalue weighted by atomic mass is 32.1. The number of hydrogen-bond donors (Lipinski definition) is 3. The second-order valence-corrected chi connectivity index (χ2v) is 6.90. The van der Waals surface area contributed by atoms with E-state index in [4.69, 9.17) is 5.73 Å². The highest BCUT2D eigenvalue weighted by Crippen LogP contribution is 2.29. The first-order chi connectivity index (χ1) is 11.4.